The van der Waals surface area contributed by atoms with Crippen molar-refractivity contribution < 1.29 is 0 Å². The lowest BCUT2D eigenvalue weighted by molar-refractivity contribution is 0.838. The smallest absolute Gasteiger partial charge is 0.156 e. The van der Waals surface area contributed by atoms with Crippen molar-refractivity contribution in [1.29, 1.82) is 0 Å². The largest absolute Gasteiger partial charge is 0.397 e. The van der Waals surface area contributed by atoms with Gasteiger partial charge in [-0.2, -0.15) is 5.10 Å². The van der Waals surface area contributed by atoms with Crippen molar-refractivity contribution in [2.75, 3.05) is 5.73 Å². The van der Waals surface area contributed by atoms with E-state index in [4.69, 9.17) is 5.73 Å². The van der Waals surface area contributed by atoms with Crippen LogP contribution >= 0.6 is 0 Å². The number of hydrogen-bond acceptors (Lipinski definition) is 3. The second-order valence-corrected chi connectivity index (χ2v) is 4.45. The lowest BCUT2D eigenvalue weighted by Gasteiger charge is -2.04. The van der Waals surface area contributed by atoms with Crippen molar-refractivity contribution in [2.24, 2.45) is 0 Å². The molecule has 0 bridgehead atoms. The monoisotopic (exact) mass is 250 g/mol. The number of nitrogens with zero attached hydrogens (tertiary/aromatic N) is 3. The number of nitrogens with two attached hydrogens (primary N) is 1. The highest BCUT2D eigenvalue weighted by Crippen LogP contribution is 2.20. The fourth-order valence-corrected chi connectivity index (χ4v) is 2.05. The van der Waals surface area contributed by atoms with E-state index >= 15 is 0 Å². The van der Waals surface area contributed by atoms with Crippen LogP contribution in [0.25, 0.3) is 16.9 Å². The fraction of sp³-hybridized carbons (Fsp3) is 0.0667. The van der Waals surface area contributed by atoms with Crippen LogP contribution in [0.3, 0.4) is 0 Å². The predicted molar refractivity (Wildman–Crippen MR) is 75.9 cm³/mol. The van der Waals surface area contributed by atoms with Crippen LogP contribution in [-0.4, -0.2) is 14.8 Å². The molecule has 0 atom stereocenters. The molecule has 0 aliphatic carbocycles. The summed E-state index contributed by atoms with van der Waals surface area (Å²) >= 11 is 0. The van der Waals surface area contributed by atoms with Crippen LogP contribution in [0, 0.1) is 6.92 Å². The first-order valence-electron chi connectivity index (χ1n) is 6.06. The molecule has 2 heterocycles. The van der Waals surface area contributed by atoms with E-state index in [1.165, 1.54) is 0 Å². The van der Waals surface area contributed by atoms with Gasteiger partial charge in [0.05, 0.1) is 18.1 Å². The normalized spacial score (nSPS) is 10.6. The highest BCUT2D eigenvalue weighted by molar-refractivity contribution is 5.62. The zero-order valence-electron chi connectivity index (χ0n) is 10.6. The molecule has 0 unspecified atom stereocenters. The topological polar surface area (TPSA) is 56.7 Å². The van der Waals surface area contributed by atoms with E-state index in [1.807, 2.05) is 43.6 Å². The molecule has 2 N–H and O–H groups in total. The van der Waals surface area contributed by atoms with E-state index in [-0.39, 0.29) is 0 Å². The van der Waals surface area contributed by atoms with Gasteiger partial charge in [0, 0.05) is 11.8 Å². The molecule has 0 aliphatic heterocycles. The molecular formula is C15H14N4. The summed E-state index contributed by atoms with van der Waals surface area (Å²) < 4.78 is 1.77. The molecule has 94 valence electrons. The molecule has 0 amide bonds. The van der Waals surface area contributed by atoms with Gasteiger partial charge in [-0.15, -0.1) is 0 Å². The zero-order chi connectivity index (χ0) is 13.2. The summed E-state index contributed by atoms with van der Waals surface area (Å²) in [6.07, 6.45) is 5.46. The standard InChI is InChI=1S/C15H14N4/c1-11-7-14(16)9-17-15(11)19-10-13(8-18-19)12-5-3-2-4-6-12/h2-10H,16H2,1H3. The summed E-state index contributed by atoms with van der Waals surface area (Å²) in [5.74, 6) is 0.802. The van der Waals surface area contributed by atoms with E-state index in [1.54, 1.807) is 10.9 Å². The van der Waals surface area contributed by atoms with Crippen molar-refractivity contribution in [3.05, 3.63) is 60.6 Å². The van der Waals surface area contributed by atoms with Crippen molar-refractivity contribution >= 4 is 5.69 Å². The van der Waals surface area contributed by atoms with Crippen LogP contribution in [0.5, 0.6) is 0 Å². The van der Waals surface area contributed by atoms with E-state index < -0.39 is 0 Å². The molecule has 0 radical (unpaired) electrons. The van der Waals surface area contributed by atoms with Gasteiger partial charge in [0.25, 0.3) is 0 Å². The van der Waals surface area contributed by atoms with E-state index in [0.29, 0.717) is 5.69 Å². The second-order valence-electron chi connectivity index (χ2n) is 4.45. The number of rotatable bonds is 2. The maximum absolute atomic E-state index is 5.71. The first kappa shape index (κ1) is 11.5. The summed E-state index contributed by atoms with van der Waals surface area (Å²) in [6.45, 7) is 1.97. The number of pyridine rings is 1. The number of hydrogen-bond donors (Lipinski definition) is 1. The number of aromatic nitrogens is 3. The summed E-state index contributed by atoms with van der Waals surface area (Å²) in [5.41, 5.74) is 9.58. The van der Waals surface area contributed by atoms with Crippen molar-refractivity contribution in [3.8, 4) is 16.9 Å². The summed E-state index contributed by atoms with van der Waals surface area (Å²) in [4.78, 5) is 4.33. The van der Waals surface area contributed by atoms with Gasteiger partial charge >= 0.3 is 0 Å². The first-order chi connectivity index (χ1) is 9.24. The second kappa shape index (κ2) is 4.57. The Balaban J connectivity index is 2.02. The molecule has 4 nitrogen and oxygen atoms in total. The Bertz CT molecular complexity index is 701. The number of benzene rings is 1. The highest BCUT2D eigenvalue weighted by Gasteiger charge is 2.06. The lowest BCUT2D eigenvalue weighted by atomic mass is 10.1. The van der Waals surface area contributed by atoms with Crippen LogP contribution in [0.4, 0.5) is 5.69 Å². The minimum absolute atomic E-state index is 0.664. The third-order valence-electron chi connectivity index (χ3n) is 2.98. The molecular weight excluding hydrogens is 236 g/mol. The molecule has 3 aromatic rings. The van der Waals surface area contributed by atoms with E-state index in [0.717, 1.165) is 22.5 Å². The molecule has 19 heavy (non-hydrogen) atoms. The summed E-state index contributed by atoms with van der Waals surface area (Å²) in [7, 11) is 0. The Kier molecular flexibility index (Phi) is 2.76. The van der Waals surface area contributed by atoms with Gasteiger partial charge < -0.3 is 5.73 Å². The van der Waals surface area contributed by atoms with Gasteiger partial charge in [-0.3, -0.25) is 0 Å². The number of aryl methyl sites for hydroxylation is 1. The maximum Gasteiger partial charge on any atom is 0.156 e. The van der Waals surface area contributed by atoms with Gasteiger partial charge in [-0.1, -0.05) is 30.3 Å². The van der Waals surface area contributed by atoms with Crippen LogP contribution in [0.15, 0.2) is 55.0 Å². The van der Waals surface area contributed by atoms with Gasteiger partial charge in [-0.25, -0.2) is 9.67 Å². The molecule has 0 spiro atoms. The minimum atomic E-state index is 0.664. The van der Waals surface area contributed by atoms with Crippen molar-refractivity contribution in [3.63, 3.8) is 0 Å². The van der Waals surface area contributed by atoms with Crippen LogP contribution in [-0.2, 0) is 0 Å². The third-order valence-corrected chi connectivity index (χ3v) is 2.98. The molecule has 0 aliphatic rings. The summed E-state index contributed by atoms with van der Waals surface area (Å²) in [5, 5.41) is 4.37. The van der Waals surface area contributed by atoms with Gasteiger partial charge in [0.2, 0.25) is 0 Å². The molecule has 4 heteroatoms. The Hall–Kier alpha value is -2.62. The average Bonchev–Trinajstić information content (AvgIpc) is 2.89. The van der Waals surface area contributed by atoms with Gasteiger partial charge in [-0.05, 0) is 24.1 Å². The first-order valence-corrected chi connectivity index (χ1v) is 6.06. The molecule has 3 rings (SSSR count). The van der Waals surface area contributed by atoms with Crippen LogP contribution in [0.1, 0.15) is 5.56 Å². The molecule has 0 saturated heterocycles. The maximum atomic E-state index is 5.71. The predicted octanol–water partition coefficient (Wildman–Crippen LogP) is 2.82. The fourth-order valence-electron chi connectivity index (χ4n) is 2.05. The molecule has 0 saturated carbocycles. The van der Waals surface area contributed by atoms with E-state index in [9.17, 15) is 0 Å². The Labute approximate surface area is 111 Å². The zero-order valence-corrected chi connectivity index (χ0v) is 10.6. The van der Waals surface area contributed by atoms with Crippen LogP contribution < -0.4 is 5.73 Å². The van der Waals surface area contributed by atoms with Crippen molar-refractivity contribution in [1.82, 2.24) is 14.8 Å². The number of anilines is 1. The molecule has 0 fully saturated rings. The Morgan fingerprint density at radius 2 is 1.84 bits per heavy atom. The third kappa shape index (κ3) is 2.20. The minimum Gasteiger partial charge on any atom is -0.397 e. The SMILES string of the molecule is Cc1cc(N)cnc1-n1cc(-c2ccccc2)cn1. The number of nitrogen functional groups attached to an aromatic ring is 1. The lowest BCUT2D eigenvalue weighted by Crippen LogP contribution is -2.01. The quantitative estimate of drug-likeness (QED) is 0.760. The highest BCUT2D eigenvalue weighted by atomic mass is 15.3. The van der Waals surface area contributed by atoms with Crippen LogP contribution in [0.2, 0.25) is 0 Å². The summed E-state index contributed by atoms with van der Waals surface area (Å²) in [6, 6.07) is 12.0. The van der Waals surface area contributed by atoms with Crippen molar-refractivity contribution in [2.45, 2.75) is 6.92 Å². The molecule has 2 aromatic heterocycles. The molecule has 1 aromatic carbocycles. The van der Waals surface area contributed by atoms with E-state index in [2.05, 4.69) is 22.2 Å². The Morgan fingerprint density at radius 3 is 2.58 bits per heavy atom. The van der Waals surface area contributed by atoms with Gasteiger partial charge in [0.15, 0.2) is 5.82 Å². The van der Waals surface area contributed by atoms with Gasteiger partial charge in [0.1, 0.15) is 0 Å². The Morgan fingerprint density at radius 1 is 1.05 bits per heavy atom. The average molecular weight is 250 g/mol.